The van der Waals surface area contributed by atoms with Crippen molar-refractivity contribution in [3.05, 3.63) is 28.3 Å². The van der Waals surface area contributed by atoms with Crippen molar-refractivity contribution >= 4 is 17.1 Å². The van der Waals surface area contributed by atoms with Gasteiger partial charge in [0, 0.05) is 18.7 Å². The van der Waals surface area contributed by atoms with Gasteiger partial charge in [0.05, 0.1) is 16.3 Å². The molecular formula is C14H21N3O2. The second-order valence-corrected chi connectivity index (χ2v) is 5.75. The summed E-state index contributed by atoms with van der Waals surface area (Å²) in [5.74, 6) is 0. The molecule has 19 heavy (non-hydrogen) atoms. The first kappa shape index (κ1) is 13.6. The second-order valence-electron chi connectivity index (χ2n) is 5.75. The molecule has 104 valence electrons. The summed E-state index contributed by atoms with van der Waals surface area (Å²) in [7, 11) is 0. The SMILES string of the molecule is CC1(CNc2ccc([N+](=O)[O-])cc2N)CCCCC1. The highest BCUT2D eigenvalue weighted by Crippen LogP contribution is 2.36. The van der Waals surface area contributed by atoms with E-state index in [-0.39, 0.29) is 5.69 Å². The van der Waals surface area contributed by atoms with Crippen LogP contribution in [0.1, 0.15) is 39.0 Å². The maximum Gasteiger partial charge on any atom is 0.271 e. The molecule has 5 nitrogen and oxygen atoms in total. The molecule has 0 amide bonds. The maximum absolute atomic E-state index is 10.7. The predicted molar refractivity (Wildman–Crippen MR) is 77.2 cm³/mol. The lowest BCUT2D eigenvalue weighted by Crippen LogP contribution is -2.29. The number of hydrogen-bond acceptors (Lipinski definition) is 4. The molecule has 1 aliphatic rings. The topological polar surface area (TPSA) is 81.2 Å². The molecule has 1 fully saturated rings. The lowest BCUT2D eigenvalue weighted by molar-refractivity contribution is -0.384. The fraction of sp³-hybridized carbons (Fsp3) is 0.571. The van der Waals surface area contributed by atoms with E-state index in [4.69, 9.17) is 5.73 Å². The van der Waals surface area contributed by atoms with E-state index in [1.165, 1.54) is 44.2 Å². The molecule has 0 unspecified atom stereocenters. The van der Waals surface area contributed by atoms with Gasteiger partial charge >= 0.3 is 0 Å². The number of non-ortho nitro benzene ring substituents is 1. The van der Waals surface area contributed by atoms with E-state index < -0.39 is 4.92 Å². The zero-order chi connectivity index (χ0) is 13.9. The van der Waals surface area contributed by atoms with Gasteiger partial charge in [-0.2, -0.15) is 0 Å². The molecule has 0 aromatic heterocycles. The van der Waals surface area contributed by atoms with Gasteiger partial charge in [-0.15, -0.1) is 0 Å². The number of nitrogens with zero attached hydrogens (tertiary/aromatic N) is 1. The van der Waals surface area contributed by atoms with E-state index in [2.05, 4.69) is 12.2 Å². The zero-order valence-corrected chi connectivity index (χ0v) is 11.3. The number of nitro benzene ring substituents is 1. The van der Waals surface area contributed by atoms with Crippen LogP contribution in [0.5, 0.6) is 0 Å². The second kappa shape index (κ2) is 5.47. The molecule has 1 aromatic rings. The Kier molecular flexibility index (Phi) is 3.93. The van der Waals surface area contributed by atoms with Gasteiger partial charge in [-0.3, -0.25) is 10.1 Å². The fourth-order valence-corrected chi connectivity index (χ4v) is 2.72. The highest BCUT2D eigenvalue weighted by molar-refractivity contribution is 5.69. The molecule has 0 saturated heterocycles. The molecule has 0 radical (unpaired) electrons. The van der Waals surface area contributed by atoms with Crippen LogP contribution >= 0.6 is 0 Å². The summed E-state index contributed by atoms with van der Waals surface area (Å²) in [5, 5.41) is 14.0. The monoisotopic (exact) mass is 263 g/mol. The van der Waals surface area contributed by atoms with E-state index in [1.807, 2.05) is 0 Å². The van der Waals surface area contributed by atoms with Crippen LogP contribution in [0.15, 0.2) is 18.2 Å². The van der Waals surface area contributed by atoms with Gasteiger partial charge in [0.2, 0.25) is 0 Å². The predicted octanol–water partition coefficient (Wildman–Crippen LogP) is 3.56. The number of benzene rings is 1. The average Bonchev–Trinajstić information content (AvgIpc) is 2.38. The fourth-order valence-electron chi connectivity index (χ4n) is 2.72. The van der Waals surface area contributed by atoms with E-state index in [9.17, 15) is 10.1 Å². The van der Waals surface area contributed by atoms with Gasteiger partial charge in [-0.25, -0.2) is 0 Å². The van der Waals surface area contributed by atoms with Crippen molar-refractivity contribution in [1.82, 2.24) is 0 Å². The summed E-state index contributed by atoms with van der Waals surface area (Å²) >= 11 is 0. The summed E-state index contributed by atoms with van der Waals surface area (Å²) in [6.07, 6.45) is 6.36. The van der Waals surface area contributed by atoms with Crippen molar-refractivity contribution in [3.63, 3.8) is 0 Å². The van der Waals surface area contributed by atoms with Crippen LogP contribution in [-0.2, 0) is 0 Å². The molecule has 0 atom stereocenters. The normalized spacial score (nSPS) is 17.9. The Morgan fingerprint density at radius 2 is 2.05 bits per heavy atom. The van der Waals surface area contributed by atoms with Gasteiger partial charge in [-0.1, -0.05) is 26.2 Å². The summed E-state index contributed by atoms with van der Waals surface area (Å²) < 4.78 is 0. The van der Waals surface area contributed by atoms with Crippen LogP contribution < -0.4 is 11.1 Å². The molecule has 0 heterocycles. The molecule has 3 N–H and O–H groups in total. The summed E-state index contributed by atoms with van der Waals surface area (Å²) in [6.45, 7) is 3.16. The van der Waals surface area contributed by atoms with Gasteiger partial charge in [0.15, 0.2) is 0 Å². The highest BCUT2D eigenvalue weighted by Gasteiger charge is 2.26. The maximum atomic E-state index is 10.7. The number of nitro groups is 1. The van der Waals surface area contributed by atoms with Crippen molar-refractivity contribution < 1.29 is 4.92 Å². The highest BCUT2D eigenvalue weighted by atomic mass is 16.6. The van der Waals surface area contributed by atoms with Gasteiger partial charge in [0.1, 0.15) is 0 Å². The molecule has 0 spiro atoms. The first-order chi connectivity index (χ1) is 9.00. The molecular weight excluding hydrogens is 242 g/mol. The van der Waals surface area contributed by atoms with Crippen LogP contribution in [0.25, 0.3) is 0 Å². The number of hydrogen-bond donors (Lipinski definition) is 2. The van der Waals surface area contributed by atoms with E-state index in [0.717, 1.165) is 12.2 Å². The van der Waals surface area contributed by atoms with Gasteiger partial charge < -0.3 is 11.1 Å². The van der Waals surface area contributed by atoms with Gasteiger partial charge in [-0.05, 0) is 24.3 Å². The third kappa shape index (κ3) is 3.36. The van der Waals surface area contributed by atoms with Crippen molar-refractivity contribution in [2.24, 2.45) is 5.41 Å². The largest absolute Gasteiger partial charge is 0.397 e. The lowest BCUT2D eigenvalue weighted by atomic mass is 9.76. The minimum absolute atomic E-state index is 0.0342. The van der Waals surface area contributed by atoms with Crippen LogP contribution in [0.2, 0.25) is 0 Å². The standard InChI is InChI=1S/C14H21N3O2/c1-14(7-3-2-4-8-14)10-16-13-6-5-11(17(18)19)9-12(13)15/h5-6,9,16H,2-4,7-8,10,15H2,1H3. The Morgan fingerprint density at radius 1 is 1.37 bits per heavy atom. The van der Waals surface area contributed by atoms with E-state index in [0.29, 0.717) is 11.1 Å². The van der Waals surface area contributed by atoms with Crippen LogP contribution in [-0.4, -0.2) is 11.5 Å². The minimum Gasteiger partial charge on any atom is -0.397 e. The summed E-state index contributed by atoms with van der Waals surface area (Å²) in [5.41, 5.74) is 7.42. The first-order valence-corrected chi connectivity index (χ1v) is 6.78. The molecule has 1 saturated carbocycles. The van der Waals surface area contributed by atoms with E-state index in [1.54, 1.807) is 6.07 Å². The van der Waals surface area contributed by atoms with Crippen molar-refractivity contribution in [1.29, 1.82) is 0 Å². The summed E-state index contributed by atoms with van der Waals surface area (Å²) in [6, 6.07) is 4.59. The number of anilines is 2. The molecule has 0 bridgehead atoms. The molecule has 1 aromatic carbocycles. The van der Waals surface area contributed by atoms with Crippen molar-refractivity contribution in [2.45, 2.75) is 39.0 Å². The molecule has 0 aliphatic heterocycles. The van der Waals surface area contributed by atoms with Crippen LogP contribution in [0.4, 0.5) is 17.1 Å². The van der Waals surface area contributed by atoms with Gasteiger partial charge in [0.25, 0.3) is 5.69 Å². The Balaban J connectivity index is 2.01. The Labute approximate surface area is 113 Å². The smallest absolute Gasteiger partial charge is 0.271 e. The number of nitrogen functional groups attached to an aromatic ring is 1. The number of rotatable bonds is 4. The zero-order valence-electron chi connectivity index (χ0n) is 11.3. The number of nitrogens with one attached hydrogen (secondary N) is 1. The molecule has 5 heteroatoms. The van der Waals surface area contributed by atoms with Crippen LogP contribution in [0.3, 0.4) is 0 Å². The van der Waals surface area contributed by atoms with Crippen LogP contribution in [0, 0.1) is 15.5 Å². The van der Waals surface area contributed by atoms with E-state index >= 15 is 0 Å². The van der Waals surface area contributed by atoms with Crippen molar-refractivity contribution in [2.75, 3.05) is 17.6 Å². The quantitative estimate of drug-likeness (QED) is 0.494. The van der Waals surface area contributed by atoms with Crippen molar-refractivity contribution in [3.8, 4) is 0 Å². The lowest BCUT2D eigenvalue weighted by Gasteiger charge is -2.34. The third-order valence-electron chi connectivity index (χ3n) is 4.01. The third-order valence-corrected chi connectivity index (χ3v) is 4.01. The number of nitrogens with two attached hydrogens (primary N) is 1. The first-order valence-electron chi connectivity index (χ1n) is 6.78. The Morgan fingerprint density at radius 3 is 2.63 bits per heavy atom. The Bertz CT molecular complexity index is 468. The summed E-state index contributed by atoms with van der Waals surface area (Å²) in [4.78, 5) is 10.2. The molecule has 1 aliphatic carbocycles. The Hall–Kier alpha value is -1.78. The molecule has 2 rings (SSSR count). The minimum atomic E-state index is -0.428. The average molecular weight is 263 g/mol.